The summed E-state index contributed by atoms with van der Waals surface area (Å²) in [5.74, 6) is -1.69. The van der Waals surface area contributed by atoms with E-state index in [1.807, 2.05) is 0 Å². The lowest BCUT2D eigenvalue weighted by molar-refractivity contribution is -0.137. The van der Waals surface area contributed by atoms with Gasteiger partial charge in [-0.1, -0.05) is 6.42 Å². The molecule has 0 aromatic heterocycles. The van der Waals surface area contributed by atoms with Gasteiger partial charge >= 0.3 is 5.97 Å². The highest BCUT2D eigenvalue weighted by Gasteiger charge is 2.14. The topological polar surface area (TPSA) is 106 Å². The van der Waals surface area contributed by atoms with E-state index >= 15 is 0 Å². The van der Waals surface area contributed by atoms with Crippen LogP contribution in [0.2, 0.25) is 0 Å². The van der Waals surface area contributed by atoms with Crippen molar-refractivity contribution < 1.29 is 26.7 Å². The molecule has 0 spiro atoms. The molecule has 0 atom stereocenters. The second-order valence-electron chi connectivity index (χ2n) is 3.99. The monoisotopic (exact) mass is 286 g/mol. The Balaban J connectivity index is 3.83. The predicted molar refractivity (Wildman–Crippen MR) is 64.5 cm³/mol. The first-order valence-electron chi connectivity index (χ1n) is 5.22. The first-order valence-corrected chi connectivity index (χ1v) is 9.10. The van der Waals surface area contributed by atoms with Gasteiger partial charge in [-0.05, 0) is 12.8 Å². The van der Waals surface area contributed by atoms with Crippen LogP contribution in [0.15, 0.2) is 0 Å². The van der Waals surface area contributed by atoms with Crippen molar-refractivity contribution in [2.75, 3.05) is 23.5 Å². The van der Waals surface area contributed by atoms with Crippen LogP contribution in [0, 0.1) is 0 Å². The van der Waals surface area contributed by atoms with Gasteiger partial charge in [0.1, 0.15) is 9.84 Å². The van der Waals surface area contributed by atoms with E-state index < -0.39 is 25.6 Å². The van der Waals surface area contributed by atoms with Crippen molar-refractivity contribution in [1.82, 2.24) is 0 Å². The first-order chi connectivity index (χ1) is 7.62. The third-order valence-corrected chi connectivity index (χ3v) is 5.05. The molecule has 0 amide bonds. The summed E-state index contributed by atoms with van der Waals surface area (Å²) < 4.78 is 44.4. The number of carboxylic acids is 1. The summed E-state index contributed by atoms with van der Waals surface area (Å²) in [5, 5.41) is 8.36. The standard InChI is InChI=1S/C9H18O6S2/c1-16(12,13)7-8-17(14,15)6-4-2-3-5-9(10)11/h2-8H2,1H3,(H,10,11). The number of rotatable bonds is 9. The molecule has 0 saturated heterocycles. The zero-order valence-corrected chi connectivity index (χ0v) is 11.4. The zero-order valence-electron chi connectivity index (χ0n) is 9.75. The lowest BCUT2D eigenvalue weighted by Gasteiger charge is -2.03. The van der Waals surface area contributed by atoms with Crippen molar-refractivity contribution in [1.29, 1.82) is 0 Å². The number of hydrogen-bond donors (Lipinski definition) is 1. The van der Waals surface area contributed by atoms with Crippen molar-refractivity contribution in [3.05, 3.63) is 0 Å². The molecule has 8 heteroatoms. The minimum Gasteiger partial charge on any atom is -0.481 e. The minimum absolute atomic E-state index is 0.0311. The largest absolute Gasteiger partial charge is 0.481 e. The SMILES string of the molecule is CS(=O)(=O)CCS(=O)(=O)CCCCCC(=O)O. The maximum atomic E-state index is 11.4. The molecule has 0 aromatic rings. The fraction of sp³-hybridized carbons (Fsp3) is 0.889. The zero-order chi connectivity index (χ0) is 13.5. The molecule has 0 aliphatic carbocycles. The highest BCUT2D eigenvalue weighted by molar-refractivity contribution is 7.94. The van der Waals surface area contributed by atoms with Gasteiger partial charge in [-0.2, -0.15) is 0 Å². The van der Waals surface area contributed by atoms with Gasteiger partial charge in [0.05, 0.1) is 17.3 Å². The Labute approximate surface area is 102 Å². The highest BCUT2D eigenvalue weighted by Crippen LogP contribution is 2.04. The predicted octanol–water partition coefficient (Wildman–Crippen LogP) is 0.0908. The molecule has 0 unspecified atom stereocenters. The Morgan fingerprint density at radius 2 is 1.53 bits per heavy atom. The van der Waals surface area contributed by atoms with Gasteiger partial charge in [0.25, 0.3) is 0 Å². The molecule has 0 rings (SSSR count). The first kappa shape index (κ1) is 16.4. The van der Waals surface area contributed by atoms with Crippen molar-refractivity contribution in [2.24, 2.45) is 0 Å². The van der Waals surface area contributed by atoms with E-state index in [0.29, 0.717) is 19.3 Å². The quantitative estimate of drug-likeness (QED) is 0.602. The van der Waals surface area contributed by atoms with Crippen LogP contribution in [0.5, 0.6) is 0 Å². The molecule has 1 N–H and O–H groups in total. The van der Waals surface area contributed by atoms with Crippen LogP contribution in [0.4, 0.5) is 0 Å². The number of hydrogen-bond acceptors (Lipinski definition) is 5. The van der Waals surface area contributed by atoms with E-state index in [4.69, 9.17) is 5.11 Å². The molecule has 0 heterocycles. The van der Waals surface area contributed by atoms with E-state index in [2.05, 4.69) is 0 Å². The van der Waals surface area contributed by atoms with E-state index in [1.54, 1.807) is 0 Å². The molecule has 0 aliphatic rings. The summed E-state index contributed by atoms with van der Waals surface area (Å²) in [4.78, 5) is 10.2. The van der Waals surface area contributed by atoms with E-state index in [-0.39, 0.29) is 23.7 Å². The fourth-order valence-electron chi connectivity index (χ4n) is 1.16. The van der Waals surface area contributed by atoms with Crippen LogP contribution in [-0.2, 0) is 24.5 Å². The summed E-state index contributed by atoms with van der Waals surface area (Å²) in [6.07, 6.45) is 2.36. The summed E-state index contributed by atoms with van der Waals surface area (Å²) >= 11 is 0. The normalized spacial score (nSPS) is 12.5. The van der Waals surface area contributed by atoms with Crippen LogP contribution >= 0.6 is 0 Å². The van der Waals surface area contributed by atoms with Gasteiger partial charge < -0.3 is 5.11 Å². The maximum absolute atomic E-state index is 11.4. The molecule has 17 heavy (non-hydrogen) atoms. The lowest BCUT2D eigenvalue weighted by atomic mass is 10.2. The molecule has 0 aliphatic heterocycles. The van der Waals surface area contributed by atoms with Gasteiger partial charge in [-0.15, -0.1) is 0 Å². The Bertz CT molecular complexity index is 434. The van der Waals surface area contributed by atoms with Crippen LogP contribution in [0.1, 0.15) is 25.7 Å². The molecular formula is C9H18O6S2. The van der Waals surface area contributed by atoms with Gasteiger partial charge in [0.2, 0.25) is 0 Å². The number of carbonyl (C=O) groups is 1. The molecule has 0 saturated carbocycles. The highest BCUT2D eigenvalue weighted by atomic mass is 32.2. The number of aliphatic carboxylic acids is 1. The van der Waals surface area contributed by atoms with Crippen molar-refractivity contribution in [3.8, 4) is 0 Å². The average Bonchev–Trinajstić information content (AvgIpc) is 2.13. The van der Waals surface area contributed by atoms with E-state index in [9.17, 15) is 21.6 Å². The van der Waals surface area contributed by atoms with Crippen LogP contribution in [-0.4, -0.2) is 51.4 Å². The third-order valence-electron chi connectivity index (χ3n) is 2.11. The molecule has 0 bridgehead atoms. The lowest BCUT2D eigenvalue weighted by Crippen LogP contribution is -2.18. The van der Waals surface area contributed by atoms with Crippen molar-refractivity contribution >= 4 is 25.6 Å². The molecule has 0 aromatic carbocycles. The van der Waals surface area contributed by atoms with Gasteiger partial charge in [0.15, 0.2) is 9.84 Å². The minimum atomic E-state index is -3.34. The van der Waals surface area contributed by atoms with E-state index in [1.165, 1.54) is 0 Å². The second-order valence-corrected chi connectivity index (χ2v) is 8.55. The van der Waals surface area contributed by atoms with Crippen molar-refractivity contribution in [2.45, 2.75) is 25.7 Å². The summed E-state index contributed by atoms with van der Waals surface area (Å²) in [6, 6.07) is 0. The van der Waals surface area contributed by atoms with Gasteiger partial charge in [-0.3, -0.25) is 4.79 Å². The van der Waals surface area contributed by atoms with Crippen LogP contribution in [0.3, 0.4) is 0 Å². The smallest absolute Gasteiger partial charge is 0.303 e. The summed E-state index contributed by atoms with van der Waals surface area (Å²) in [6.45, 7) is 0. The summed E-state index contributed by atoms with van der Waals surface area (Å²) in [7, 11) is -6.60. The molecule has 6 nitrogen and oxygen atoms in total. The Morgan fingerprint density at radius 3 is 2.00 bits per heavy atom. The molecule has 102 valence electrons. The van der Waals surface area contributed by atoms with Crippen molar-refractivity contribution in [3.63, 3.8) is 0 Å². The van der Waals surface area contributed by atoms with Crippen LogP contribution < -0.4 is 0 Å². The average molecular weight is 286 g/mol. The summed E-state index contributed by atoms with van der Waals surface area (Å²) in [5.41, 5.74) is 0. The van der Waals surface area contributed by atoms with Gasteiger partial charge in [-0.25, -0.2) is 16.8 Å². The molecule has 0 fully saturated rings. The number of unbranched alkanes of at least 4 members (excludes halogenated alkanes) is 2. The Kier molecular flexibility index (Phi) is 6.69. The third kappa shape index (κ3) is 11.6. The molecule has 0 radical (unpaired) electrons. The Hall–Kier alpha value is -0.630. The Morgan fingerprint density at radius 1 is 0.941 bits per heavy atom. The number of carboxylic acid groups (broad SMARTS) is 1. The second kappa shape index (κ2) is 6.95. The maximum Gasteiger partial charge on any atom is 0.303 e. The fourth-order valence-corrected chi connectivity index (χ4v) is 4.23. The number of sulfone groups is 2. The van der Waals surface area contributed by atoms with E-state index in [0.717, 1.165) is 6.26 Å². The van der Waals surface area contributed by atoms with Gasteiger partial charge in [0, 0.05) is 12.7 Å². The van der Waals surface area contributed by atoms with Crippen LogP contribution in [0.25, 0.3) is 0 Å². The molecular weight excluding hydrogens is 268 g/mol.